The van der Waals surface area contributed by atoms with Crippen molar-refractivity contribution in [3.05, 3.63) is 48.0 Å². The van der Waals surface area contributed by atoms with Crippen LogP contribution in [0.3, 0.4) is 0 Å². The molecule has 0 aliphatic carbocycles. The van der Waals surface area contributed by atoms with Crippen molar-refractivity contribution < 1.29 is 9.90 Å². The number of carbonyl (C=O) groups is 1. The van der Waals surface area contributed by atoms with Gasteiger partial charge in [0.25, 0.3) is 0 Å². The van der Waals surface area contributed by atoms with Crippen molar-refractivity contribution in [3.63, 3.8) is 0 Å². The molecule has 0 radical (unpaired) electrons. The average molecular weight is 260 g/mol. The second kappa shape index (κ2) is 5.01. The van der Waals surface area contributed by atoms with E-state index in [9.17, 15) is 4.79 Å². The second-order valence-corrected chi connectivity index (χ2v) is 4.87. The fraction of sp³-hybridized carbons (Fsp3) is 0. The molecule has 0 atom stereocenters. The number of hydrogen-bond donors (Lipinski definition) is 3. The Bertz CT molecular complexity index is 582. The van der Waals surface area contributed by atoms with Gasteiger partial charge in [-0.1, -0.05) is 11.8 Å². The molecule has 0 aromatic heterocycles. The number of nitrogen functional groups attached to an aromatic ring is 2. The first-order chi connectivity index (χ1) is 8.56. The van der Waals surface area contributed by atoms with Crippen molar-refractivity contribution in [1.29, 1.82) is 0 Å². The van der Waals surface area contributed by atoms with E-state index in [1.807, 2.05) is 6.07 Å². The van der Waals surface area contributed by atoms with Crippen LogP contribution in [0, 0.1) is 0 Å². The van der Waals surface area contributed by atoms with Crippen LogP contribution in [0.25, 0.3) is 0 Å². The fourth-order valence-electron chi connectivity index (χ4n) is 1.42. The van der Waals surface area contributed by atoms with Gasteiger partial charge in [-0.2, -0.15) is 0 Å². The zero-order valence-corrected chi connectivity index (χ0v) is 10.3. The van der Waals surface area contributed by atoms with E-state index in [0.717, 1.165) is 9.79 Å². The molecule has 2 rings (SSSR count). The molecule has 0 unspecified atom stereocenters. The lowest BCUT2D eigenvalue weighted by molar-refractivity contribution is 0.0697. The summed E-state index contributed by atoms with van der Waals surface area (Å²) in [6.45, 7) is 0. The van der Waals surface area contributed by atoms with E-state index in [-0.39, 0.29) is 5.56 Å². The Hall–Kier alpha value is -2.14. The van der Waals surface area contributed by atoms with Gasteiger partial charge in [0.2, 0.25) is 0 Å². The smallest absolute Gasteiger partial charge is 0.335 e. The van der Waals surface area contributed by atoms with Gasteiger partial charge in [0.05, 0.1) is 16.9 Å². The number of aromatic carboxylic acids is 1. The molecule has 0 saturated heterocycles. The fourth-order valence-corrected chi connectivity index (χ4v) is 2.28. The molecule has 0 saturated carbocycles. The molecule has 2 aromatic rings. The standard InChI is InChI=1S/C13H12N2O2S/c14-11-6-5-10(7-12(11)15)18-9-3-1-8(2-4-9)13(16)17/h1-7H,14-15H2,(H,16,17). The Labute approximate surface area is 109 Å². The van der Waals surface area contributed by atoms with Gasteiger partial charge in [0.1, 0.15) is 0 Å². The summed E-state index contributed by atoms with van der Waals surface area (Å²) in [7, 11) is 0. The molecular weight excluding hydrogens is 248 g/mol. The van der Waals surface area contributed by atoms with Crippen LogP contribution in [-0.4, -0.2) is 11.1 Å². The lowest BCUT2D eigenvalue weighted by atomic mass is 10.2. The molecule has 0 spiro atoms. The van der Waals surface area contributed by atoms with Crippen LogP contribution < -0.4 is 11.5 Å². The maximum Gasteiger partial charge on any atom is 0.335 e. The molecule has 0 fully saturated rings. The third-order valence-corrected chi connectivity index (χ3v) is 3.39. The van der Waals surface area contributed by atoms with Crippen LogP contribution in [-0.2, 0) is 0 Å². The molecule has 92 valence electrons. The van der Waals surface area contributed by atoms with Crippen LogP contribution in [0.2, 0.25) is 0 Å². The van der Waals surface area contributed by atoms with Crippen LogP contribution in [0.4, 0.5) is 11.4 Å². The van der Waals surface area contributed by atoms with Crippen molar-refractivity contribution in [1.82, 2.24) is 0 Å². The summed E-state index contributed by atoms with van der Waals surface area (Å²) in [6.07, 6.45) is 0. The summed E-state index contributed by atoms with van der Waals surface area (Å²) in [5.41, 5.74) is 12.7. The van der Waals surface area contributed by atoms with Crippen molar-refractivity contribution in [3.8, 4) is 0 Å². The third-order valence-electron chi connectivity index (χ3n) is 2.40. The van der Waals surface area contributed by atoms with E-state index in [2.05, 4.69) is 0 Å². The van der Waals surface area contributed by atoms with Gasteiger partial charge in [-0.05, 0) is 42.5 Å². The number of hydrogen-bond acceptors (Lipinski definition) is 4. The minimum absolute atomic E-state index is 0.274. The normalized spacial score (nSPS) is 10.2. The Morgan fingerprint density at radius 1 is 0.944 bits per heavy atom. The van der Waals surface area contributed by atoms with Crippen LogP contribution >= 0.6 is 11.8 Å². The monoisotopic (exact) mass is 260 g/mol. The van der Waals surface area contributed by atoms with E-state index in [0.29, 0.717) is 11.4 Å². The highest BCUT2D eigenvalue weighted by molar-refractivity contribution is 7.99. The largest absolute Gasteiger partial charge is 0.478 e. The average Bonchev–Trinajstić information content (AvgIpc) is 2.34. The SMILES string of the molecule is Nc1ccc(Sc2ccc(C(=O)O)cc2)cc1N. The number of rotatable bonds is 3. The molecule has 5 heteroatoms. The van der Waals surface area contributed by atoms with Gasteiger partial charge in [-0.25, -0.2) is 4.79 Å². The predicted octanol–water partition coefficient (Wildman–Crippen LogP) is 2.70. The van der Waals surface area contributed by atoms with Crippen LogP contribution in [0.15, 0.2) is 52.3 Å². The second-order valence-electron chi connectivity index (χ2n) is 3.72. The minimum atomic E-state index is -0.928. The zero-order chi connectivity index (χ0) is 13.1. The van der Waals surface area contributed by atoms with Crippen LogP contribution in [0.1, 0.15) is 10.4 Å². The Morgan fingerprint density at radius 3 is 2.11 bits per heavy atom. The molecule has 0 heterocycles. The maximum absolute atomic E-state index is 10.7. The van der Waals surface area contributed by atoms with E-state index in [1.54, 1.807) is 36.4 Å². The summed E-state index contributed by atoms with van der Waals surface area (Å²) >= 11 is 1.50. The van der Waals surface area contributed by atoms with Crippen molar-refractivity contribution in [2.45, 2.75) is 9.79 Å². The summed E-state index contributed by atoms with van der Waals surface area (Å²) in [4.78, 5) is 12.6. The highest BCUT2D eigenvalue weighted by Gasteiger charge is 2.03. The summed E-state index contributed by atoms with van der Waals surface area (Å²) in [5, 5.41) is 8.80. The van der Waals surface area contributed by atoms with Gasteiger partial charge in [0, 0.05) is 9.79 Å². The predicted molar refractivity (Wildman–Crippen MR) is 72.8 cm³/mol. The lowest BCUT2D eigenvalue weighted by Crippen LogP contribution is -1.95. The quantitative estimate of drug-likeness (QED) is 0.738. The highest BCUT2D eigenvalue weighted by atomic mass is 32.2. The highest BCUT2D eigenvalue weighted by Crippen LogP contribution is 2.30. The van der Waals surface area contributed by atoms with Crippen molar-refractivity contribution in [2.75, 3.05) is 11.5 Å². The molecule has 4 nitrogen and oxygen atoms in total. The third kappa shape index (κ3) is 2.75. The Morgan fingerprint density at radius 2 is 1.56 bits per heavy atom. The number of carboxylic acids is 1. The zero-order valence-electron chi connectivity index (χ0n) is 9.46. The van der Waals surface area contributed by atoms with E-state index >= 15 is 0 Å². The molecule has 0 bridgehead atoms. The van der Waals surface area contributed by atoms with E-state index in [1.165, 1.54) is 11.8 Å². The number of carboxylic acid groups (broad SMARTS) is 1. The van der Waals surface area contributed by atoms with E-state index < -0.39 is 5.97 Å². The number of benzene rings is 2. The molecular formula is C13H12N2O2S. The maximum atomic E-state index is 10.7. The molecule has 0 aliphatic heterocycles. The summed E-state index contributed by atoms with van der Waals surface area (Å²) in [6, 6.07) is 12.1. The topological polar surface area (TPSA) is 89.3 Å². The van der Waals surface area contributed by atoms with Gasteiger partial charge in [0.15, 0.2) is 0 Å². The molecule has 0 aliphatic rings. The molecule has 2 aromatic carbocycles. The Balaban J connectivity index is 2.18. The van der Waals surface area contributed by atoms with Crippen molar-refractivity contribution in [2.24, 2.45) is 0 Å². The van der Waals surface area contributed by atoms with Crippen LogP contribution in [0.5, 0.6) is 0 Å². The first kappa shape index (κ1) is 12.3. The van der Waals surface area contributed by atoms with Gasteiger partial charge in [-0.15, -0.1) is 0 Å². The molecule has 0 amide bonds. The first-order valence-electron chi connectivity index (χ1n) is 5.22. The first-order valence-corrected chi connectivity index (χ1v) is 6.04. The summed E-state index contributed by atoms with van der Waals surface area (Å²) < 4.78 is 0. The molecule has 18 heavy (non-hydrogen) atoms. The number of anilines is 2. The van der Waals surface area contributed by atoms with E-state index in [4.69, 9.17) is 16.6 Å². The minimum Gasteiger partial charge on any atom is -0.478 e. The van der Waals surface area contributed by atoms with Gasteiger partial charge < -0.3 is 16.6 Å². The van der Waals surface area contributed by atoms with Gasteiger partial charge in [-0.3, -0.25) is 0 Å². The Kier molecular flexibility index (Phi) is 3.43. The lowest BCUT2D eigenvalue weighted by Gasteiger charge is -2.05. The molecule has 5 N–H and O–H groups in total. The number of nitrogens with two attached hydrogens (primary N) is 2. The summed E-state index contributed by atoms with van der Waals surface area (Å²) in [5.74, 6) is -0.928. The van der Waals surface area contributed by atoms with Crippen molar-refractivity contribution >= 4 is 29.1 Å². The van der Waals surface area contributed by atoms with Gasteiger partial charge >= 0.3 is 5.97 Å².